The van der Waals surface area contributed by atoms with Gasteiger partial charge in [-0.25, -0.2) is 13.9 Å². The fourth-order valence-electron chi connectivity index (χ4n) is 6.40. The van der Waals surface area contributed by atoms with Crippen LogP contribution in [0, 0.1) is 17.6 Å². The molecule has 3 atom stereocenters. The van der Waals surface area contributed by atoms with Gasteiger partial charge in [0, 0.05) is 44.0 Å². The normalized spacial score (nSPS) is 25.1. The lowest BCUT2D eigenvalue weighted by Gasteiger charge is -2.48. The van der Waals surface area contributed by atoms with Crippen molar-refractivity contribution in [1.29, 1.82) is 0 Å². The Morgan fingerprint density at radius 2 is 1.95 bits per heavy atom. The minimum absolute atomic E-state index is 0.0398. The highest BCUT2D eigenvalue weighted by Crippen LogP contribution is 2.47. The van der Waals surface area contributed by atoms with E-state index in [2.05, 4.69) is 42.7 Å². The van der Waals surface area contributed by atoms with Gasteiger partial charge in [0.05, 0.1) is 17.7 Å². The van der Waals surface area contributed by atoms with Crippen molar-refractivity contribution in [3.8, 4) is 11.4 Å². The zero-order chi connectivity index (χ0) is 30.4. The van der Waals surface area contributed by atoms with E-state index in [4.69, 9.17) is 4.74 Å². The highest BCUT2D eigenvalue weighted by atomic mass is 19.4. The summed E-state index contributed by atoms with van der Waals surface area (Å²) in [5.41, 5.74) is -0.926. The molecule has 2 N–H and O–H groups in total. The number of nitrogens with one attached hydrogen (secondary N) is 2. The minimum Gasteiger partial charge on any atom is -0.366 e. The van der Waals surface area contributed by atoms with E-state index in [1.165, 1.54) is 6.07 Å². The Morgan fingerprint density at radius 3 is 2.60 bits per heavy atom. The maximum atomic E-state index is 14.5. The molecule has 1 saturated carbocycles. The van der Waals surface area contributed by atoms with Crippen LogP contribution < -0.4 is 10.2 Å². The minimum atomic E-state index is -4.68. The number of carbonyl (C=O) groups excluding carboxylic acids is 1. The maximum Gasteiger partial charge on any atom is 0.416 e. The Kier molecular flexibility index (Phi) is 7.84. The van der Waals surface area contributed by atoms with E-state index < -0.39 is 29.0 Å². The van der Waals surface area contributed by atoms with Crippen LogP contribution in [0.15, 0.2) is 36.4 Å². The Hall–Kier alpha value is -3.65. The molecule has 3 aromatic rings. The van der Waals surface area contributed by atoms with Crippen molar-refractivity contribution >= 4 is 11.6 Å². The smallest absolute Gasteiger partial charge is 0.366 e. The van der Waals surface area contributed by atoms with Crippen molar-refractivity contribution < 1.29 is 31.5 Å². The predicted molar refractivity (Wildman–Crippen MR) is 146 cm³/mol. The number of H-pyrrole nitrogens is 1. The van der Waals surface area contributed by atoms with Crippen LogP contribution in [0.3, 0.4) is 0 Å². The molecule has 14 heteroatoms. The standard InChI is InChI=1S/C29H32F5N7O2/c1-17-15-40(8-9-41(17)22-4-5-25(31)24(13-22)26-36-38-39-37-26)23-6-7-28(43-16-23,19-2-3-19)27(42)35-14-18-10-20(29(32,33)34)12-21(30)11-18/h4-5,10-13,17,19,23H,2-3,6-9,14-16H2,1H3,(H,35,42)(H,36,37,38,39)/t17-,23+,28-/m0/s1. The van der Waals surface area contributed by atoms with E-state index in [9.17, 15) is 26.7 Å². The molecule has 230 valence electrons. The third-order valence-corrected chi connectivity index (χ3v) is 8.80. The summed E-state index contributed by atoms with van der Waals surface area (Å²) in [6, 6.07) is 7.40. The molecule has 1 amide bonds. The Morgan fingerprint density at radius 1 is 1.14 bits per heavy atom. The molecule has 3 heterocycles. The molecule has 3 aliphatic rings. The number of anilines is 1. The molecule has 0 spiro atoms. The topological polar surface area (TPSA) is 99.3 Å². The Bertz CT molecular complexity index is 1460. The van der Waals surface area contributed by atoms with E-state index in [-0.39, 0.29) is 41.8 Å². The van der Waals surface area contributed by atoms with Gasteiger partial charge in [-0.1, -0.05) is 0 Å². The number of aromatic nitrogens is 4. The molecule has 0 radical (unpaired) electrons. The van der Waals surface area contributed by atoms with E-state index in [1.807, 2.05) is 0 Å². The van der Waals surface area contributed by atoms with Crippen LogP contribution in [0.2, 0.25) is 0 Å². The molecule has 43 heavy (non-hydrogen) atoms. The Labute approximate surface area is 244 Å². The second kappa shape index (κ2) is 11.5. The number of tetrazole rings is 1. The van der Waals surface area contributed by atoms with Crippen LogP contribution in [0.5, 0.6) is 0 Å². The van der Waals surface area contributed by atoms with Gasteiger partial charge in [0.1, 0.15) is 17.2 Å². The molecule has 6 rings (SSSR count). The fraction of sp³-hybridized carbons (Fsp3) is 0.517. The lowest BCUT2D eigenvalue weighted by Crippen LogP contribution is -2.60. The summed E-state index contributed by atoms with van der Waals surface area (Å²) >= 11 is 0. The van der Waals surface area contributed by atoms with E-state index in [1.54, 1.807) is 12.1 Å². The number of ether oxygens (including phenoxy) is 1. The van der Waals surface area contributed by atoms with Crippen LogP contribution in [-0.4, -0.2) is 75.4 Å². The number of halogens is 5. The average Bonchev–Trinajstić information content (AvgIpc) is 3.70. The van der Waals surface area contributed by atoms with Gasteiger partial charge in [-0.05, 0) is 90.9 Å². The average molecular weight is 606 g/mol. The summed E-state index contributed by atoms with van der Waals surface area (Å²) in [6.45, 7) is 4.44. The van der Waals surface area contributed by atoms with E-state index in [0.29, 0.717) is 31.2 Å². The summed E-state index contributed by atoms with van der Waals surface area (Å²) in [6.07, 6.45) is -1.77. The van der Waals surface area contributed by atoms with Gasteiger partial charge in [0.25, 0.3) is 5.91 Å². The van der Waals surface area contributed by atoms with Gasteiger partial charge < -0.3 is 15.0 Å². The highest BCUT2D eigenvalue weighted by Gasteiger charge is 2.54. The van der Waals surface area contributed by atoms with Gasteiger partial charge in [0.2, 0.25) is 0 Å². The summed E-state index contributed by atoms with van der Waals surface area (Å²) in [7, 11) is 0. The number of alkyl halides is 3. The van der Waals surface area contributed by atoms with Gasteiger partial charge in [0.15, 0.2) is 5.82 Å². The van der Waals surface area contributed by atoms with E-state index >= 15 is 0 Å². The SMILES string of the molecule is C[C@H]1CN([C@@H]2CC[C@@](C(=O)NCc3cc(F)cc(C(F)(F)F)c3)(C3CC3)OC2)CCN1c1ccc(F)c(-c2nnn[nH]2)c1. The van der Waals surface area contributed by atoms with Crippen molar-refractivity contribution in [2.75, 3.05) is 31.1 Å². The number of piperazine rings is 1. The van der Waals surface area contributed by atoms with E-state index in [0.717, 1.165) is 50.2 Å². The molecular weight excluding hydrogens is 573 g/mol. The quantitative estimate of drug-likeness (QED) is 0.387. The summed E-state index contributed by atoms with van der Waals surface area (Å²) in [4.78, 5) is 18.0. The van der Waals surface area contributed by atoms with Crippen molar-refractivity contribution in [3.05, 3.63) is 59.2 Å². The van der Waals surface area contributed by atoms with Gasteiger partial charge in [-0.3, -0.25) is 9.69 Å². The molecule has 9 nitrogen and oxygen atoms in total. The number of hydrogen-bond donors (Lipinski definition) is 2. The van der Waals surface area contributed by atoms with Crippen molar-refractivity contribution in [1.82, 2.24) is 30.8 Å². The van der Waals surface area contributed by atoms with Crippen LogP contribution in [-0.2, 0) is 22.3 Å². The maximum absolute atomic E-state index is 14.5. The Balaban J connectivity index is 1.07. The first kappa shape index (κ1) is 29.4. The van der Waals surface area contributed by atoms with Crippen LogP contribution >= 0.6 is 0 Å². The van der Waals surface area contributed by atoms with Crippen LogP contribution in [0.25, 0.3) is 11.4 Å². The molecular formula is C29H32F5N7O2. The molecule has 1 aliphatic carbocycles. The largest absolute Gasteiger partial charge is 0.416 e. The zero-order valence-electron chi connectivity index (χ0n) is 23.5. The van der Waals surface area contributed by atoms with Crippen LogP contribution in [0.1, 0.15) is 43.7 Å². The molecule has 2 saturated heterocycles. The lowest BCUT2D eigenvalue weighted by molar-refractivity contribution is -0.165. The molecule has 3 fully saturated rings. The number of hydrogen-bond acceptors (Lipinski definition) is 7. The number of benzene rings is 2. The lowest BCUT2D eigenvalue weighted by atomic mass is 9.85. The monoisotopic (exact) mass is 605 g/mol. The fourth-order valence-corrected chi connectivity index (χ4v) is 6.40. The zero-order valence-corrected chi connectivity index (χ0v) is 23.5. The summed E-state index contributed by atoms with van der Waals surface area (Å²) < 4.78 is 74.0. The molecule has 0 unspecified atom stereocenters. The van der Waals surface area contributed by atoms with Gasteiger partial charge >= 0.3 is 6.18 Å². The number of amides is 1. The first-order valence-corrected chi connectivity index (χ1v) is 14.4. The molecule has 0 bridgehead atoms. The van der Waals surface area contributed by atoms with Gasteiger partial charge in [-0.15, -0.1) is 5.10 Å². The second-order valence-electron chi connectivity index (χ2n) is 11.6. The molecule has 2 aliphatic heterocycles. The first-order valence-electron chi connectivity index (χ1n) is 14.4. The second-order valence-corrected chi connectivity index (χ2v) is 11.6. The van der Waals surface area contributed by atoms with Crippen LogP contribution in [0.4, 0.5) is 27.6 Å². The van der Waals surface area contributed by atoms with Crippen molar-refractivity contribution in [2.24, 2.45) is 5.92 Å². The first-order chi connectivity index (χ1) is 20.5. The summed E-state index contributed by atoms with van der Waals surface area (Å²) in [5.74, 6) is -1.48. The highest BCUT2D eigenvalue weighted by molar-refractivity contribution is 5.86. The number of rotatable bonds is 7. The summed E-state index contributed by atoms with van der Waals surface area (Å²) in [5, 5.41) is 16.2. The van der Waals surface area contributed by atoms with Gasteiger partial charge in [-0.2, -0.15) is 13.2 Å². The molecule has 2 aromatic carbocycles. The number of nitrogens with zero attached hydrogens (tertiary/aromatic N) is 5. The number of carbonyl (C=O) groups is 1. The van der Waals surface area contributed by atoms with Crippen molar-refractivity contribution in [2.45, 2.75) is 63.0 Å². The third kappa shape index (κ3) is 6.07. The molecule has 1 aromatic heterocycles. The predicted octanol–water partition coefficient (Wildman–Crippen LogP) is 4.32. The van der Waals surface area contributed by atoms with Crippen molar-refractivity contribution in [3.63, 3.8) is 0 Å². The number of aromatic amines is 1. The third-order valence-electron chi connectivity index (χ3n) is 8.80.